The first kappa shape index (κ1) is 14.0. The lowest BCUT2D eigenvalue weighted by Gasteiger charge is -2.24. The molecule has 1 aromatic rings. The van der Waals surface area contributed by atoms with Crippen LogP contribution in [0.5, 0.6) is 5.75 Å². The summed E-state index contributed by atoms with van der Waals surface area (Å²) >= 11 is 9.52. The van der Waals surface area contributed by atoms with Crippen LogP contribution in [-0.2, 0) is 0 Å². The van der Waals surface area contributed by atoms with Gasteiger partial charge in [-0.25, -0.2) is 0 Å². The Morgan fingerprint density at radius 2 is 2.33 bits per heavy atom. The monoisotopic (exact) mass is 332 g/mol. The van der Waals surface area contributed by atoms with Gasteiger partial charge in [0, 0.05) is 17.6 Å². The molecule has 1 aromatic carbocycles. The molecule has 2 rings (SSSR count). The Balaban J connectivity index is 2.03. The van der Waals surface area contributed by atoms with E-state index in [0.717, 1.165) is 29.0 Å². The van der Waals surface area contributed by atoms with Crippen LogP contribution in [0.25, 0.3) is 0 Å². The lowest BCUT2D eigenvalue weighted by atomic mass is 10.1. The smallest absolute Gasteiger partial charge is 0.156 e. The van der Waals surface area contributed by atoms with E-state index in [1.807, 2.05) is 12.1 Å². The minimum absolute atomic E-state index is 0.529. The van der Waals surface area contributed by atoms with Crippen LogP contribution in [-0.4, -0.2) is 26.2 Å². The molecule has 1 aliphatic rings. The predicted octanol–water partition coefficient (Wildman–Crippen LogP) is 3.67. The third kappa shape index (κ3) is 3.53. The van der Waals surface area contributed by atoms with E-state index in [-0.39, 0.29) is 0 Å². The van der Waals surface area contributed by atoms with Gasteiger partial charge in [0.1, 0.15) is 0 Å². The molecule has 2 N–H and O–H groups in total. The molecule has 0 spiro atoms. The van der Waals surface area contributed by atoms with Crippen LogP contribution in [0.15, 0.2) is 16.6 Å². The average molecular weight is 334 g/mol. The topological polar surface area (TPSA) is 33.3 Å². The molecule has 1 heterocycles. The second-order valence-electron chi connectivity index (χ2n) is 4.50. The van der Waals surface area contributed by atoms with Gasteiger partial charge in [0.25, 0.3) is 0 Å². The lowest BCUT2D eigenvalue weighted by molar-refractivity contribution is 0.406. The third-order valence-corrected chi connectivity index (χ3v) is 3.97. The van der Waals surface area contributed by atoms with Crippen molar-refractivity contribution < 1.29 is 4.74 Å². The Kier molecular flexibility index (Phi) is 5.15. The number of hydrogen-bond donors (Lipinski definition) is 2. The van der Waals surface area contributed by atoms with Gasteiger partial charge in [0.05, 0.1) is 17.3 Å². The highest BCUT2D eigenvalue weighted by Crippen LogP contribution is 2.36. The fourth-order valence-corrected chi connectivity index (χ4v) is 3.20. The van der Waals surface area contributed by atoms with E-state index in [1.165, 1.54) is 19.3 Å². The van der Waals surface area contributed by atoms with Crippen molar-refractivity contribution in [2.24, 2.45) is 0 Å². The number of halogens is 2. The van der Waals surface area contributed by atoms with E-state index < -0.39 is 0 Å². The summed E-state index contributed by atoms with van der Waals surface area (Å²) in [4.78, 5) is 0. The van der Waals surface area contributed by atoms with Crippen molar-refractivity contribution in [3.05, 3.63) is 21.6 Å². The molecule has 1 unspecified atom stereocenters. The summed E-state index contributed by atoms with van der Waals surface area (Å²) in [6, 6.07) is 4.26. The van der Waals surface area contributed by atoms with Crippen molar-refractivity contribution in [1.29, 1.82) is 0 Å². The van der Waals surface area contributed by atoms with Gasteiger partial charge in [-0.3, -0.25) is 0 Å². The van der Waals surface area contributed by atoms with Crippen LogP contribution in [0.2, 0.25) is 5.02 Å². The second-order valence-corrected chi connectivity index (χ2v) is 5.79. The van der Waals surface area contributed by atoms with Crippen LogP contribution >= 0.6 is 27.5 Å². The van der Waals surface area contributed by atoms with Crippen molar-refractivity contribution in [3.63, 3.8) is 0 Å². The number of ether oxygens (including phenoxy) is 1. The van der Waals surface area contributed by atoms with Gasteiger partial charge in [0.2, 0.25) is 0 Å². The van der Waals surface area contributed by atoms with E-state index in [2.05, 4.69) is 26.6 Å². The van der Waals surface area contributed by atoms with E-state index in [0.29, 0.717) is 11.1 Å². The first-order valence-corrected chi connectivity index (χ1v) is 7.38. The van der Waals surface area contributed by atoms with E-state index >= 15 is 0 Å². The fraction of sp³-hybridized carbons (Fsp3) is 0.538. The number of nitrogens with one attached hydrogen (secondary N) is 2. The molecule has 0 saturated carbocycles. The van der Waals surface area contributed by atoms with Gasteiger partial charge < -0.3 is 15.4 Å². The second kappa shape index (κ2) is 6.64. The van der Waals surface area contributed by atoms with Gasteiger partial charge in [0.15, 0.2) is 5.75 Å². The quantitative estimate of drug-likeness (QED) is 0.882. The van der Waals surface area contributed by atoms with Gasteiger partial charge in [-0.1, -0.05) is 18.0 Å². The Hall–Kier alpha value is -0.450. The van der Waals surface area contributed by atoms with Crippen molar-refractivity contribution in [2.75, 3.05) is 25.5 Å². The van der Waals surface area contributed by atoms with Crippen LogP contribution in [0.1, 0.15) is 19.3 Å². The molecule has 0 radical (unpaired) electrons. The number of piperidine rings is 1. The normalized spacial score (nSPS) is 19.6. The molecule has 1 fully saturated rings. The summed E-state index contributed by atoms with van der Waals surface area (Å²) in [5.41, 5.74) is 0.934. The third-order valence-electron chi connectivity index (χ3n) is 3.16. The Labute approximate surface area is 121 Å². The zero-order chi connectivity index (χ0) is 13.0. The number of methoxy groups -OCH3 is 1. The lowest BCUT2D eigenvalue weighted by Crippen LogP contribution is -2.39. The van der Waals surface area contributed by atoms with Gasteiger partial charge >= 0.3 is 0 Å². The Morgan fingerprint density at radius 3 is 3.00 bits per heavy atom. The summed E-state index contributed by atoms with van der Waals surface area (Å²) in [6.07, 6.45) is 3.80. The molecule has 3 nitrogen and oxygen atoms in total. The molecule has 0 bridgehead atoms. The minimum Gasteiger partial charge on any atom is -0.493 e. The minimum atomic E-state index is 0.529. The Morgan fingerprint density at radius 1 is 1.50 bits per heavy atom. The average Bonchev–Trinajstić information content (AvgIpc) is 2.37. The summed E-state index contributed by atoms with van der Waals surface area (Å²) in [7, 11) is 1.66. The molecule has 1 saturated heterocycles. The maximum absolute atomic E-state index is 6.06. The van der Waals surface area contributed by atoms with Crippen molar-refractivity contribution in [3.8, 4) is 5.75 Å². The van der Waals surface area contributed by atoms with Crippen LogP contribution < -0.4 is 15.4 Å². The van der Waals surface area contributed by atoms with Crippen LogP contribution in [0, 0.1) is 0 Å². The predicted molar refractivity (Wildman–Crippen MR) is 79.8 cm³/mol. The summed E-state index contributed by atoms with van der Waals surface area (Å²) in [5, 5.41) is 7.62. The van der Waals surface area contributed by atoms with Gasteiger partial charge in [-0.15, -0.1) is 0 Å². The first-order valence-electron chi connectivity index (χ1n) is 6.21. The standard InChI is InChI=1S/C13H18BrClN2O/c1-18-13-11(14)6-9(15)7-12(13)17-8-10-4-2-3-5-16-10/h6-7,10,16-17H,2-5,8H2,1H3. The summed E-state index contributed by atoms with van der Waals surface area (Å²) in [5.74, 6) is 0.801. The van der Waals surface area contributed by atoms with Crippen LogP contribution in [0.4, 0.5) is 5.69 Å². The van der Waals surface area contributed by atoms with Gasteiger partial charge in [-0.2, -0.15) is 0 Å². The molecule has 1 atom stereocenters. The SMILES string of the molecule is COc1c(Br)cc(Cl)cc1NCC1CCCCN1. The molecule has 1 aliphatic heterocycles. The van der Waals surface area contributed by atoms with E-state index in [4.69, 9.17) is 16.3 Å². The van der Waals surface area contributed by atoms with Crippen molar-refractivity contribution in [2.45, 2.75) is 25.3 Å². The molecular formula is C13H18BrClN2O. The molecule has 0 aromatic heterocycles. The van der Waals surface area contributed by atoms with E-state index in [9.17, 15) is 0 Å². The molecule has 18 heavy (non-hydrogen) atoms. The highest BCUT2D eigenvalue weighted by molar-refractivity contribution is 9.10. The zero-order valence-electron chi connectivity index (χ0n) is 10.4. The highest BCUT2D eigenvalue weighted by atomic mass is 79.9. The molecule has 0 amide bonds. The number of anilines is 1. The van der Waals surface area contributed by atoms with Crippen molar-refractivity contribution in [1.82, 2.24) is 5.32 Å². The molecule has 100 valence electrons. The first-order chi connectivity index (χ1) is 8.70. The van der Waals surface area contributed by atoms with Crippen LogP contribution in [0.3, 0.4) is 0 Å². The Bertz CT molecular complexity index is 408. The van der Waals surface area contributed by atoms with Gasteiger partial charge in [-0.05, 0) is 47.4 Å². The maximum atomic E-state index is 6.06. The summed E-state index contributed by atoms with van der Waals surface area (Å²) in [6.45, 7) is 2.01. The molecule has 5 heteroatoms. The maximum Gasteiger partial charge on any atom is 0.156 e. The largest absolute Gasteiger partial charge is 0.493 e. The number of rotatable bonds is 4. The van der Waals surface area contributed by atoms with Crippen molar-refractivity contribution >= 4 is 33.2 Å². The molecule has 0 aliphatic carbocycles. The number of hydrogen-bond acceptors (Lipinski definition) is 3. The molecular weight excluding hydrogens is 316 g/mol. The zero-order valence-corrected chi connectivity index (χ0v) is 12.8. The van der Waals surface area contributed by atoms with E-state index in [1.54, 1.807) is 7.11 Å². The highest BCUT2D eigenvalue weighted by Gasteiger charge is 2.14. The fourth-order valence-electron chi connectivity index (χ4n) is 2.23. The number of benzene rings is 1. The summed E-state index contributed by atoms with van der Waals surface area (Å²) < 4.78 is 6.25.